The van der Waals surface area contributed by atoms with Gasteiger partial charge in [0.05, 0.1) is 16.0 Å². The van der Waals surface area contributed by atoms with Crippen molar-refractivity contribution < 1.29 is 23.9 Å². The van der Waals surface area contributed by atoms with Gasteiger partial charge in [-0.2, -0.15) is 0 Å². The minimum Gasteiger partial charge on any atom is -0.490 e. The number of nitrogens with zero attached hydrogens (tertiary/aromatic N) is 1. The number of carbonyl (C=O) groups is 3. The topological polar surface area (TPSA) is 84.9 Å². The van der Waals surface area contributed by atoms with Gasteiger partial charge in [-0.15, -0.1) is 0 Å². The van der Waals surface area contributed by atoms with E-state index < -0.39 is 0 Å². The molecule has 0 unspecified atom stereocenters. The average molecular weight is 588 g/mol. The normalized spacial score (nSPS) is 17.4. The smallest absolute Gasteiger partial charge is 0.293 e. The second kappa shape index (κ2) is 12.6. The van der Waals surface area contributed by atoms with Crippen LogP contribution in [0, 0.1) is 12.8 Å². The van der Waals surface area contributed by atoms with Gasteiger partial charge in [-0.25, -0.2) is 0 Å². The summed E-state index contributed by atoms with van der Waals surface area (Å²) in [5, 5.41) is 2.59. The third kappa shape index (κ3) is 7.17. The minimum absolute atomic E-state index is 0.202. The van der Waals surface area contributed by atoms with E-state index in [0.717, 1.165) is 43.0 Å². The Hall–Kier alpha value is -2.78. The van der Waals surface area contributed by atoms with Gasteiger partial charge in [0.15, 0.2) is 18.1 Å². The van der Waals surface area contributed by atoms with E-state index in [2.05, 4.69) is 21.2 Å². The van der Waals surface area contributed by atoms with Crippen LogP contribution in [0.5, 0.6) is 11.5 Å². The van der Waals surface area contributed by atoms with Gasteiger partial charge >= 0.3 is 0 Å². The predicted octanol–water partition coefficient (Wildman–Crippen LogP) is 6.79. The standard InChI is InChI=1S/C28H31BrN2O5S/c1-3-35-23-14-20(15-24-27(33)31(28(34)37-24)16-19-7-5-4-6-8-19)13-22(29)26(23)36-17-25(32)30-21-11-9-18(2)10-12-21/h9-15,19H,3-8,16-17H2,1-2H3,(H,30,32)/b24-15+. The van der Waals surface area contributed by atoms with Crippen LogP contribution in [0.25, 0.3) is 6.08 Å². The number of hydrogen-bond acceptors (Lipinski definition) is 6. The van der Waals surface area contributed by atoms with Crippen LogP contribution in [0.15, 0.2) is 45.8 Å². The minimum atomic E-state index is -0.297. The highest BCUT2D eigenvalue weighted by Crippen LogP contribution is 2.40. The summed E-state index contributed by atoms with van der Waals surface area (Å²) in [4.78, 5) is 39.8. The maximum Gasteiger partial charge on any atom is 0.293 e. The number of imide groups is 1. The van der Waals surface area contributed by atoms with Gasteiger partial charge in [-0.3, -0.25) is 19.3 Å². The molecule has 0 aromatic heterocycles. The summed E-state index contributed by atoms with van der Waals surface area (Å²) in [5.41, 5.74) is 2.49. The third-order valence-corrected chi connectivity index (χ3v) is 7.85. The molecule has 2 aromatic carbocycles. The summed E-state index contributed by atoms with van der Waals surface area (Å²) in [6, 6.07) is 11.0. The highest BCUT2D eigenvalue weighted by molar-refractivity contribution is 9.10. The average Bonchev–Trinajstić information content (AvgIpc) is 3.13. The lowest BCUT2D eigenvalue weighted by Crippen LogP contribution is -2.34. The van der Waals surface area contributed by atoms with Crippen molar-refractivity contribution in [2.75, 3.05) is 25.1 Å². The molecule has 37 heavy (non-hydrogen) atoms. The molecule has 2 aliphatic rings. The molecule has 1 heterocycles. The number of anilines is 1. The van der Waals surface area contributed by atoms with E-state index in [-0.39, 0.29) is 23.7 Å². The van der Waals surface area contributed by atoms with Crippen LogP contribution in [0.2, 0.25) is 0 Å². The number of nitrogens with one attached hydrogen (secondary N) is 1. The van der Waals surface area contributed by atoms with Gasteiger partial charge in [-0.05, 0) is 96.2 Å². The number of thioether (sulfide) groups is 1. The molecule has 1 saturated carbocycles. The molecule has 0 radical (unpaired) electrons. The summed E-state index contributed by atoms with van der Waals surface area (Å²) in [5.74, 6) is 0.674. The van der Waals surface area contributed by atoms with Crippen LogP contribution in [-0.4, -0.2) is 41.7 Å². The van der Waals surface area contributed by atoms with Crippen LogP contribution in [0.3, 0.4) is 0 Å². The zero-order chi connectivity index (χ0) is 26.4. The summed E-state index contributed by atoms with van der Waals surface area (Å²) in [6.07, 6.45) is 7.38. The summed E-state index contributed by atoms with van der Waals surface area (Å²) in [7, 11) is 0. The van der Waals surface area contributed by atoms with Crippen molar-refractivity contribution in [3.05, 3.63) is 56.9 Å². The number of carbonyl (C=O) groups excluding carboxylic acids is 3. The monoisotopic (exact) mass is 586 g/mol. The second-order valence-electron chi connectivity index (χ2n) is 9.26. The Balaban J connectivity index is 1.45. The maximum atomic E-state index is 13.0. The second-order valence-corrected chi connectivity index (χ2v) is 11.1. The van der Waals surface area contributed by atoms with Crippen molar-refractivity contribution in [2.45, 2.75) is 46.0 Å². The largest absolute Gasteiger partial charge is 0.490 e. The lowest BCUT2D eigenvalue weighted by molar-refractivity contribution is -0.123. The zero-order valence-electron chi connectivity index (χ0n) is 21.1. The highest BCUT2D eigenvalue weighted by atomic mass is 79.9. The first-order valence-corrected chi connectivity index (χ1v) is 14.2. The van der Waals surface area contributed by atoms with Crippen LogP contribution < -0.4 is 14.8 Å². The van der Waals surface area contributed by atoms with Crippen molar-refractivity contribution >= 4 is 56.5 Å². The molecule has 196 valence electrons. The Bertz CT molecular complexity index is 1190. The number of ether oxygens (including phenoxy) is 2. The SMILES string of the molecule is CCOc1cc(/C=C2/SC(=O)N(CC3CCCCC3)C2=O)cc(Br)c1OCC(=O)Nc1ccc(C)cc1. The van der Waals surface area contributed by atoms with Crippen molar-refractivity contribution in [1.29, 1.82) is 0 Å². The van der Waals surface area contributed by atoms with Gasteiger partial charge < -0.3 is 14.8 Å². The summed E-state index contributed by atoms with van der Waals surface area (Å²) >= 11 is 4.48. The van der Waals surface area contributed by atoms with Gasteiger partial charge in [-0.1, -0.05) is 37.0 Å². The molecule has 0 bridgehead atoms. The fraction of sp³-hybridized carbons (Fsp3) is 0.393. The quantitative estimate of drug-likeness (QED) is 0.325. The molecular formula is C28H31BrN2O5S. The van der Waals surface area contributed by atoms with Crippen LogP contribution in [0.1, 0.15) is 50.2 Å². The van der Waals surface area contributed by atoms with Crippen molar-refractivity contribution in [2.24, 2.45) is 5.92 Å². The van der Waals surface area contributed by atoms with Crippen molar-refractivity contribution in [3.63, 3.8) is 0 Å². The van der Waals surface area contributed by atoms with E-state index >= 15 is 0 Å². The molecule has 4 rings (SSSR count). The first-order chi connectivity index (χ1) is 17.8. The fourth-order valence-electron chi connectivity index (χ4n) is 4.48. The maximum absolute atomic E-state index is 13.0. The molecular weight excluding hydrogens is 556 g/mol. The Labute approximate surface area is 230 Å². The van der Waals surface area contributed by atoms with E-state index in [9.17, 15) is 14.4 Å². The van der Waals surface area contributed by atoms with Gasteiger partial charge in [0, 0.05) is 12.2 Å². The molecule has 1 N–H and O–H groups in total. The Kier molecular flexibility index (Phi) is 9.32. The molecule has 7 nitrogen and oxygen atoms in total. The van der Waals surface area contributed by atoms with E-state index in [1.54, 1.807) is 18.2 Å². The van der Waals surface area contributed by atoms with E-state index in [0.29, 0.717) is 51.2 Å². The molecule has 9 heteroatoms. The van der Waals surface area contributed by atoms with E-state index in [4.69, 9.17) is 9.47 Å². The van der Waals surface area contributed by atoms with Crippen molar-refractivity contribution in [3.8, 4) is 11.5 Å². The lowest BCUT2D eigenvalue weighted by atomic mass is 9.89. The molecule has 2 fully saturated rings. The number of hydrogen-bond donors (Lipinski definition) is 1. The third-order valence-electron chi connectivity index (χ3n) is 6.35. The zero-order valence-corrected chi connectivity index (χ0v) is 23.5. The molecule has 0 atom stereocenters. The van der Waals surface area contributed by atoms with Crippen LogP contribution in [0.4, 0.5) is 10.5 Å². The highest BCUT2D eigenvalue weighted by Gasteiger charge is 2.36. The lowest BCUT2D eigenvalue weighted by Gasteiger charge is -2.25. The Morgan fingerprint density at radius 1 is 1.14 bits per heavy atom. The van der Waals surface area contributed by atoms with Crippen molar-refractivity contribution in [1.82, 2.24) is 4.90 Å². The van der Waals surface area contributed by atoms with Gasteiger partial charge in [0.2, 0.25) is 0 Å². The van der Waals surface area contributed by atoms with Crippen LogP contribution >= 0.6 is 27.7 Å². The van der Waals surface area contributed by atoms with E-state index in [1.807, 2.05) is 38.1 Å². The number of halogens is 1. The van der Waals surface area contributed by atoms with Gasteiger partial charge in [0.1, 0.15) is 0 Å². The number of rotatable bonds is 9. The van der Waals surface area contributed by atoms with E-state index in [1.165, 1.54) is 11.3 Å². The van der Waals surface area contributed by atoms with Gasteiger partial charge in [0.25, 0.3) is 17.1 Å². The number of amides is 3. The molecule has 0 spiro atoms. The molecule has 1 saturated heterocycles. The predicted molar refractivity (Wildman–Crippen MR) is 150 cm³/mol. The summed E-state index contributed by atoms with van der Waals surface area (Å²) in [6.45, 7) is 4.51. The van der Waals surface area contributed by atoms with Crippen LogP contribution in [-0.2, 0) is 9.59 Å². The fourth-order valence-corrected chi connectivity index (χ4v) is 5.91. The molecule has 3 amide bonds. The first-order valence-electron chi connectivity index (χ1n) is 12.5. The molecule has 2 aromatic rings. The summed E-state index contributed by atoms with van der Waals surface area (Å²) < 4.78 is 12.2. The molecule has 1 aliphatic heterocycles. The number of aryl methyl sites for hydroxylation is 1. The number of benzene rings is 2. The Morgan fingerprint density at radius 3 is 2.57 bits per heavy atom. The first kappa shape index (κ1) is 27.3. The molecule has 1 aliphatic carbocycles. The Morgan fingerprint density at radius 2 is 1.86 bits per heavy atom.